The van der Waals surface area contributed by atoms with Gasteiger partial charge in [0.15, 0.2) is 0 Å². The Morgan fingerprint density at radius 1 is 1.43 bits per heavy atom. The average Bonchev–Trinajstić information content (AvgIpc) is 2.93. The van der Waals surface area contributed by atoms with E-state index in [4.69, 9.17) is 11.6 Å². The van der Waals surface area contributed by atoms with Crippen molar-refractivity contribution in [1.29, 1.82) is 0 Å². The van der Waals surface area contributed by atoms with Gasteiger partial charge in [-0.25, -0.2) is 0 Å². The Labute approximate surface area is 141 Å². The first kappa shape index (κ1) is 15.9. The number of amides is 1. The van der Waals surface area contributed by atoms with Crippen molar-refractivity contribution in [2.45, 2.75) is 25.3 Å². The van der Waals surface area contributed by atoms with Crippen LogP contribution in [0.4, 0.5) is 5.69 Å². The summed E-state index contributed by atoms with van der Waals surface area (Å²) in [6.07, 6.45) is 6.02. The molecular weight excluding hydrogens is 312 g/mol. The van der Waals surface area contributed by atoms with Crippen LogP contribution < -0.4 is 10.2 Å². The Balaban J connectivity index is 1.58. The predicted octanol–water partition coefficient (Wildman–Crippen LogP) is 2.40. The molecule has 0 aliphatic carbocycles. The summed E-state index contributed by atoms with van der Waals surface area (Å²) in [6, 6.07) is 8.02. The number of hydrogen-bond donors (Lipinski definition) is 1. The second kappa shape index (κ2) is 7.04. The molecular formula is C17H21ClN4O. The second-order valence-electron chi connectivity index (χ2n) is 6.00. The molecule has 2 aromatic rings. The van der Waals surface area contributed by atoms with Gasteiger partial charge in [0.25, 0.3) is 0 Å². The number of carbonyl (C=O) groups excluding carboxylic acids is 1. The zero-order chi connectivity index (χ0) is 16.2. The van der Waals surface area contributed by atoms with E-state index in [1.54, 1.807) is 10.9 Å². The summed E-state index contributed by atoms with van der Waals surface area (Å²) in [4.78, 5) is 14.5. The molecule has 122 valence electrons. The molecule has 0 spiro atoms. The zero-order valence-electron chi connectivity index (χ0n) is 13.2. The third-order valence-electron chi connectivity index (χ3n) is 4.10. The minimum Gasteiger partial charge on any atom is -0.368 e. The molecule has 0 unspecified atom stereocenters. The second-order valence-corrected chi connectivity index (χ2v) is 6.41. The summed E-state index contributed by atoms with van der Waals surface area (Å²) in [5.41, 5.74) is 1.98. The van der Waals surface area contributed by atoms with Gasteiger partial charge in [0.2, 0.25) is 5.91 Å². The molecule has 1 aromatic carbocycles. The standard InChI is InChI=1S/C17H21ClN4O/c1-21-11-13(10-19-21)9-17(23)20-14-5-4-8-22(12-14)16-7-3-2-6-15(16)18/h2-3,6-7,10-11,14H,4-5,8-9,12H2,1H3,(H,20,23)/t14-/m1/s1. The largest absolute Gasteiger partial charge is 0.368 e. The summed E-state index contributed by atoms with van der Waals surface area (Å²) in [7, 11) is 1.85. The van der Waals surface area contributed by atoms with Crippen LogP contribution in [-0.4, -0.2) is 34.8 Å². The number of aryl methyl sites for hydroxylation is 1. The molecule has 1 fully saturated rings. The fourth-order valence-electron chi connectivity index (χ4n) is 3.05. The van der Waals surface area contributed by atoms with Crippen molar-refractivity contribution in [2.24, 2.45) is 7.05 Å². The van der Waals surface area contributed by atoms with E-state index in [-0.39, 0.29) is 11.9 Å². The Bertz CT molecular complexity index is 685. The third-order valence-corrected chi connectivity index (χ3v) is 4.42. The molecule has 1 aromatic heterocycles. The maximum atomic E-state index is 12.2. The lowest BCUT2D eigenvalue weighted by Crippen LogP contribution is -2.48. The molecule has 3 rings (SSSR count). The predicted molar refractivity (Wildman–Crippen MR) is 91.7 cm³/mol. The first-order chi connectivity index (χ1) is 11.1. The smallest absolute Gasteiger partial charge is 0.224 e. The molecule has 0 bridgehead atoms. The maximum Gasteiger partial charge on any atom is 0.224 e. The lowest BCUT2D eigenvalue weighted by Gasteiger charge is -2.35. The number of nitrogens with zero attached hydrogens (tertiary/aromatic N) is 3. The van der Waals surface area contributed by atoms with Crippen molar-refractivity contribution in [3.63, 3.8) is 0 Å². The van der Waals surface area contributed by atoms with Gasteiger partial charge in [-0.3, -0.25) is 9.48 Å². The van der Waals surface area contributed by atoms with E-state index >= 15 is 0 Å². The van der Waals surface area contributed by atoms with Crippen molar-refractivity contribution in [1.82, 2.24) is 15.1 Å². The number of halogens is 1. The van der Waals surface area contributed by atoms with Gasteiger partial charge >= 0.3 is 0 Å². The van der Waals surface area contributed by atoms with E-state index in [2.05, 4.69) is 15.3 Å². The lowest BCUT2D eigenvalue weighted by atomic mass is 10.0. The normalized spacial score (nSPS) is 18.0. The highest BCUT2D eigenvalue weighted by molar-refractivity contribution is 6.33. The highest BCUT2D eigenvalue weighted by atomic mass is 35.5. The zero-order valence-corrected chi connectivity index (χ0v) is 14.0. The van der Waals surface area contributed by atoms with Crippen molar-refractivity contribution in [3.05, 3.63) is 47.2 Å². The number of piperidine rings is 1. The van der Waals surface area contributed by atoms with Gasteiger partial charge in [0.1, 0.15) is 0 Å². The number of nitrogens with one attached hydrogen (secondary N) is 1. The molecule has 1 atom stereocenters. The number of hydrogen-bond acceptors (Lipinski definition) is 3. The van der Waals surface area contributed by atoms with E-state index in [0.717, 1.165) is 42.2 Å². The molecule has 1 aliphatic rings. The SMILES string of the molecule is Cn1cc(CC(=O)N[C@@H]2CCCN(c3ccccc3Cl)C2)cn1. The Hall–Kier alpha value is -2.01. The fourth-order valence-corrected chi connectivity index (χ4v) is 3.30. The van der Waals surface area contributed by atoms with Crippen molar-refractivity contribution in [2.75, 3.05) is 18.0 Å². The van der Waals surface area contributed by atoms with Crippen LogP contribution in [0, 0.1) is 0 Å². The van der Waals surface area contributed by atoms with Crippen LogP contribution in [0.15, 0.2) is 36.7 Å². The quantitative estimate of drug-likeness (QED) is 0.935. The summed E-state index contributed by atoms with van der Waals surface area (Å²) >= 11 is 6.28. The molecule has 2 heterocycles. The third kappa shape index (κ3) is 4.05. The van der Waals surface area contributed by atoms with Gasteiger partial charge < -0.3 is 10.2 Å². The Kier molecular flexibility index (Phi) is 4.86. The minimum atomic E-state index is 0.0454. The molecule has 23 heavy (non-hydrogen) atoms. The molecule has 1 amide bonds. The van der Waals surface area contributed by atoms with Crippen LogP contribution in [0.3, 0.4) is 0 Å². The number of carbonyl (C=O) groups is 1. The van der Waals surface area contributed by atoms with Gasteiger partial charge in [0.05, 0.1) is 23.3 Å². The Morgan fingerprint density at radius 2 is 2.26 bits per heavy atom. The highest BCUT2D eigenvalue weighted by Crippen LogP contribution is 2.27. The monoisotopic (exact) mass is 332 g/mol. The van der Waals surface area contributed by atoms with Crippen LogP contribution in [0.25, 0.3) is 0 Å². The van der Waals surface area contributed by atoms with Crippen molar-refractivity contribution in [3.8, 4) is 0 Å². The minimum absolute atomic E-state index is 0.0454. The molecule has 0 radical (unpaired) electrons. The first-order valence-corrected chi connectivity index (χ1v) is 8.26. The molecule has 5 nitrogen and oxygen atoms in total. The van der Waals surface area contributed by atoms with Crippen LogP contribution in [0.5, 0.6) is 0 Å². The van der Waals surface area contributed by atoms with E-state index in [9.17, 15) is 4.79 Å². The van der Waals surface area contributed by atoms with Gasteiger partial charge in [0, 0.05) is 32.4 Å². The van der Waals surface area contributed by atoms with Crippen LogP contribution in [-0.2, 0) is 18.3 Å². The summed E-state index contributed by atoms with van der Waals surface area (Å²) in [5.74, 6) is 0.0454. The number of rotatable bonds is 4. The van der Waals surface area contributed by atoms with Gasteiger partial charge in [-0.05, 0) is 30.5 Å². The number of anilines is 1. The summed E-state index contributed by atoms with van der Waals surface area (Å²) in [6.45, 7) is 1.77. The van der Waals surface area contributed by atoms with E-state index < -0.39 is 0 Å². The lowest BCUT2D eigenvalue weighted by molar-refractivity contribution is -0.121. The molecule has 1 N–H and O–H groups in total. The van der Waals surface area contributed by atoms with Crippen LogP contribution in [0.2, 0.25) is 5.02 Å². The summed E-state index contributed by atoms with van der Waals surface area (Å²) in [5, 5.41) is 7.99. The van der Waals surface area contributed by atoms with Crippen LogP contribution >= 0.6 is 11.6 Å². The average molecular weight is 333 g/mol. The molecule has 1 aliphatic heterocycles. The number of aromatic nitrogens is 2. The number of para-hydroxylation sites is 1. The fraction of sp³-hybridized carbons (Fsp3) is 0.412. The van der Waals surface area contributed by atoms with E-state index in [1.807, 2.05) is 37.5 Å². The van der Waals surface area contributed by atoms with Crippen molar-refractivity contribution >= 4 is 23.2 Å². The first-order valence-electron chi connectivity index (χ1n) is 7.88. The van der Waals surface area contributed by atoms with E-state index in [0.29, 0.717) is 6.42 Å². The number of benzene rings is 1. The maximum absolute atomic E-state index is 12.2. The molecule has 6 heteroatoms. The van der Waals surface area contributed by atoms with Gasteiger partial charge in [-0.1, -0.05) is 23.7 Å². The van der Waals surface area contributed by atoms with E-state index in [1.165, 1.54) is 0 Å². The van der Waals surface area contributed by atoms with Gasteiger partial charge in [-0.15, -0.1) is 0 Å². The molecule has 1 saturated heterocycles. The molecule has 0 saturated carbocycles. The van der Waals surface area contributed by atoms with Crippen molar-refractivity contribution < 1.29 is 4.79 Å². The van der Waals surface area contributed by atoms with Gasteiger partial charge in [-0.2, -0.15) is 5.10 Å². The van der Waals surface area contributed by atoms with Crippen LogP contribution in [0.1, 0.15) is 18.4 Å². The topological polar surface area (TPSA) is 50.2 Å². The highest BCUT2D eigenvalue weighted by Gasteiger charge is 2.22. The summed E-state index contributed by atoms with van der Waals surface area (Å²) < 4.78 is 1.71. The Morgan fingerprint density at radius 3 is 3.00 bits per heavy atom.